The van der Waals surface area contributed by atoms with Crippen LogP contribution in [0.25, 0.3) is 11.5 Å². The fourth-order valence-electron chi connectivity index (χ4n) is 2.67. The number of carbonyl (C=O) groups excluding carboxylic acids is 2. The molecule has 0 unspecified atom stereocenters. The molecule has 0 saturated heterocycles. The first-order chi connectivity index (χ1) is 12.9. The summed E-state index contributed by atoms with van der Waals surface area (Å²) in [5, 5.41) is 9.12. The molecule has 1 aromatic carbocycles. The normalized spacial score (nSPS) is 16.7. The number of hydrogen-bond acceptors (Lipinski definition) is 6. The van der Waals surface area contributed by atoms with Crippen molar-refractivity contribution >= 4 is 12.0 Å². The summed E-state index contributed by atoms with van der Waals surface area (Å²) in [5.41, 5.74) is 0.787. The van der Waals surface area contributed by atoms with Crippen LogP contribution >= 0.6 is 0 Å². The van der Waals surface area contributed by atoms with E-state index in [2.05, 4.69) is 15.7 Å². The molecule has 3 rings (SSSR count). The largest absolute Gasteiger partial charge is 0.463 e. The van der Waals surface area contributed by atoms with Crippen LogP contribution in [0, 0.1) is 5.82 Å². The highest BCUT2D eigenvalue weighted by Gasteiger charge is 2.30. The van der Waals surface area contributed by atoms with Gasteiger partial charge in [-0.3, -0.25) is 0 Å². The molecule has 1 atom stereocenters. The first-order valence-electron chi connectivity index (χ1n) is 8.20. The van der Waals surface area contributed by atoms with Crippen molar-refractivity contribution in [2.24, 2.45) is 0 Å². The lowest BCUT2D eigenvalue weighted by molar-refractivity contribution is -0.139. The number of rotatable bonds is 5. The molecule has 27 heavy (non-hydrogen) atoms. The predicted octanol–water partition coefficient (Wildman–Crippen LogP) is 1.16. The predicted molar refractivity (Wildman–Crippen MR) is 90.9 cm³/mol. The van der Waals surface area contributed by atoms with E-state index < -0.39 is 29.6 Å². The number of esters is 1. The number of ether oxygens (including phenoxy) is 1. The Balaban J connectivity index is 1.95. The third kappa shape index (κ3) is 3.89. The Labute approximate surface area is 152 Å². The van der Waals surface area contributed by atoms with Crippen LogP contribution in [0.5, 0.6) is 0 Å². The number of allylic oxidation sites excluding steroid dienone is 1. The molecule has 0 aliphatic carbocycles. The van der Waals surface area contributed by atoms with Crippen LogP contribution in [-0.2, 0) is 16.1 Å². The minimum absolute atomic E-state index is 0.00778. The number of halogens is 1. The molecule has 9 nitrogen and oxygen atoms in total. The second-order valence-electron chi connectivity index (χ2n) is 5.77. The van der Waals surface area contributed by atoms with Gasteiger partial charge in [-0.05, 0) is 38.1 Å². The molecule has 142 valence electrons. The van der Waals surface area contributed by atoms with Gasteiger partial charge in [0, 0.05) is 5.56 Å². The van der Waals surface area contributed by atoms with E-state index in [-0.39, 0.29) is 30.3 Å². The summed E-state index contributed by atoms with van der Waals surface area (Å²) in [6.07, 6.45) is 0. The van der Waals surface area contributed by atoms with Gasteiger partial charge in [0.1, 0.15) is 5.82 Å². The van der Waals surface area contributed by atoms with Gasteiger partial charge in [0.05, 0.1) is 30.5 Å². The van der Waals surface area contributed by atoms with E-state index in [1.165, 1.54) is 24.3 Å². The third-order valence-corrected chi connectivity index (χ3v) is 3.87. The van der Waals surface area contributed by atoms with Gasteiger partial charge in [-0.25, -0.2) is 18.8 Å². The van der Waals surface area contributed by atoms with Gasteiger partial charge in [0.2, 0.25) is 5.89 Å². The van der Waals surface area contributed by atoms with Crippen molar-refractivity contribution in [2.75, 3.05) is 6.61 Å². The van der Waals surface area contributed by atoms with E-state index >= 15 is 0 Å². The van der Waals surface area contributed by atoms with Crippen LogP contribution in [0.15, 0.2) is 44.7 Å². The molecule has 10 heteroatoms. The van der Waals surface area contributed by atoms with E-state index in [9.17, 15) is 18.8 Å². The minimum atomic E-state index is -0.787. The minimum Gasteiger partial charge on any atom is -0.463 e. The molecular weight excluding hydrogens is 359 g/mol. The molecule has 1 aromatic heterocycles. The Kier molecular flexibility index (Phi) is 5.06. The lowest BCUT2D eigenvalue weighted by Gasteiger charge is -2.26. The summed E-state index contributed by atoms with van der Waals surface area (Å²) in [7, 11) is 0. The fourth-order valence-corrected chi connectivity index (χ4v) is 2.67. The van der Waals surface area contributed by atoms with E-state index in [1.54, 1.807) is 13.8 Å². The standard InChI is InChI=1S/C17H17FN4O5/c1-3-26-15(23)13-9(2)19-16(24)20-12(13)8-22-17(25)27-14(21-22)10-4-6-11(18)7-5-10/h4-7,9H,3,8H2,1-2H3,(H2,19,20,24)/t9-/m1/s1. The first-order valence-corrected chi connectivity index (χ1v) is 8.20. The average Bonchev–Trinajstić information content (AvgIpc) is 2.96. The quantitative estimate of drug-likeness (QED) is 0.757. The summed E-state index contributed by atoms with van der Waals surface area (Å²) in [6.45, 7) is 3.25. The zero-order chi connectivity index (χ0) is 19.6. The molecule has 2 N–H and O–H groups in total. The Morgan fingerprint density at radius 2 is 2.04 bits per heavy atom. The van der Waals surface area contributed by atoms with Crippen molar-refractivity contribution < 1.29 is 23.1 Å². The topological polar surface area (TPSA) is 115 Å². The maximum Gasteiger partial charge on any atom is 0.437 e. The van der Waals surface area contributed by atoms with Crippen molar-refractivity contribution in [3.63, 3.8) is 0 Å². The number of nitrogens with zero attached hydrogens (tertiary/aromatic N) is 2. The Morgan fingerprint density at radius 1 is 1.33 bits per heavy atom. The second-order valence-corrected chi connectivity index (χ2v) is 5.77. The molecule has 2 heterocycles. The van der Waals surface area contributed by atoms with Crippen molar-refractivity contribution in [2.45, 2.75) is 26.4 Å². The van der Waals surface area contributed by atoms with E-state index in [4.69, 9.17) is 9.15 Å². The average molecular weight is 376 g/mol. The zero-order valence-electron chi connectivity index (χ0n) is 14.6. The number of urea groups is 1. The maximum absolute atomic E-state index is 13.0. The second kappa shape index (κ2) is 7.44. The van der Waals surface area contributed by atoms with Gasteiger partial charge in [-0.1, -0.05) is 0 Å². The Morgan fingerprint density at radius 3 is 2.70 bits per heavy atom. The van der Waals surface area contributed by atoms with Gasteiger partial charge in [-0.15, -0.1) is 5.10 Å². The molecule has 0 radical (unpaired) electrons. The fraction of sp³-hybridized carbons (Fsp3) is 0.294. The lowest BCUT2D eigenvalue weighted by atomic mass is 10.0. The number of hydrogen-bond donors (Lipinski definition) is 2. The molecule has 0 spiro atoms. The zero-order valence-corrected chi connectivity index (χ0v) is 14.6. The van der Waals surface area contributed by atoms with Crippen LogP contribution in [0.3, 0.4) is 0 Å². The van der Waals surface area contributed by atoms with Gasteiger partial charge in [-0.2, -0.15) is 4.68 Å². The van der Waals surface area contributed by atoms with Crippen LogP contribution in [0.4, 0.5) is 9.18 Å². The summed E-state index contributed by atoms with van der Waals surface area (Å²) in [4.78, 5) is 36.1. The molecule has 2 amide bonds. The molecule has 0 bridgehead atoms. The summed E-state index contributed by atoms with van der Waals surface area (Å²) >= 11 is 0. The third-order valence-electron chi connectivity index (χ3n) is 3.87. The number of aromatic nitrogens is 2. The Bertz CT molecular complexity index is 960. The molecule has 0 saturated carbocycles. The first kappa shape index (κ1) is 18.4. The maximum atomic E-state index is 13.0. The highest BCUT2D eigenvalue weighted by Crippen LogP contribution is 2.18. The van der Waals surface area contributed by atoms with E-state index in [1.807, 2.05) is 0 Å². The SMILES string of the molecule is CCOC(=O)C1=C(Cn2nc(-c3ccc(F)cc3)oc2=O)NC(=O)N[C@@H]1C. The van der Waals surface area contributed by atoms with E-state index in [0.717, 1.165) is 4.68 Å². The summed E-state index contributed by atoms with van der Waals surface area (Å²) in [5.74, 6) is -1.84. The van der Waals surface area contributed by atoms with Crippen molar-refractivity contribution in [1.82, 2.24) is 20.4 Å². The van der Waals surface area contributed by atoms with Crippen molar-refractivity contribution in [3.8, 4) is 11.5 Å². The molecule has 1 aliphatic heterocycles. The van der Waals surface area contributed by atoms with Crippen LogP contribution < -0.4 is 16.4 Å². The lowest BCUT2D eigenvalue weighted by Crippen LogP contribution is -2.50. The molecule has 0 fully saturated rings. The van der Waals surface area contributed by atoms with E-state index in [0.29, 0.717) is 5.56 Å². The highest BCUT2D eigenvalue weighted by atomic mass is 19.1. The molecule has 2 aromatic rings. The molecular formula is C17H17FN4O5. The summed E-state index contributed by atoms with van der Waals surface area (Å²) < 4.78 is 24.1. The number of amides is 2. The molecule has 1 aliphatic rings. The Hall–Kier alpha value is -3.43. The van der Waals surface area contributed by atoms with Gasteiger partial charge < -0.3 is 19.8 Å². The van der Waals surface area contributed by atoms with Crippen LogP contribution in [0.2, 0.25) is 0 Å². The van der Waals surface area contributed by atoms with Crippen molar-refractivity contribution in [1.29, 1.82) is 0 Å². The smallest absolute Gasteiger partial charge is 0.437 e. The highest BCUT2D eigenvalue weighted by molar-refractivity contribution is 5.94. The number of carbonyl (C=O) groups is 2. The summed E-state index contributed by atoms with van der Waals surface area (Å²) in [6, 6.07) is 4.15. The number of benzene rings is 1. The van der Waals surface area contributed by atoms with Gasteiger partial charge >= 0.3 is 17.8 Å². The number of nitrogens with one attached hydrogen (secondary N) is 2. The van der Waals surface area contributed by atoms with Crippen LogP contribution in [-0.4, -0.2) is 34.4 Å². The monoisotopic (exact) mass is 376 g/mol. The van der Waals surface area contributed by atoms with Gasteiger partial charge in [0.25, 0.3) is 0 Å². The van der Waals surface area contributed by atoms with Crippen molar-refractivity contribution in [3.05, 3.63) is 51.9 Å². The van der Waals surface area contributed by atoms with Gasteiger partial charge in [0.15, 0.2) is 0 Å². The van der Waals surface area contributed by atoms with Crippen LogP contribution in [0.1, 0.15) is 13.8 Å².